The van der Waals surface area contributed by atoms with Crippen LogP contribution in [-0.2, 0) is 7.05 Å². The number of aromatic nitrogens is 2. The highest BCUT2D eigenvalue weighted by atomic mass is 19.1. The van der Waals surface area contributed by atoms with Gasteiger partial charge in [-0.05, 0) is 37.5 Å². The van der Waals surface area contributed by atoms with Crippen LogP contribution in [-0.4, -0.2) is 40.6 Å². The highest BCUT2D eigenvalue weighted by Crippen LogP contribution is 2.30. The monoisotopic (exact) mass is 382 g/mol. The molecule has 1 amide bonds. The molecule has 3 heterocycles. The van der Waals surface area contributed by atoms with Gasteiger partial charge in [-0.2, -0.15) is 0 Å². The Morgan fingerprint density at radius 2 is 2.00 bits per heavy atom. The van der Waals surface area contributed by atoms with Gasteiger partial charge < -0.3 is 19.5 Å². The fourth-order valence-corrected chi connectivity index (χ4v) is 3.72. The van der Waals surface area contributed by atoms with Gasteiger partial charge in [-0.25, -0.2) is 9.37 Å². The normalized spacial score (nSPS) is 14.3. The number of carbonyl (C=O) groups is 1. The predicted octanol–water partition coefficient (Wildman–Crippen LogP) is 4.09. The van der Waals surface area contributed by atoms with E-state index < -0.39 is 5.82 Å². The van der Waals surface area contributed by atoms with Crippen molar-refractivity contribution in [1.82, 2.24) is 14.5 Å². The first kappa shape index (κ1) is 18.3. The molecule has 0 radical (unpaired) electrons. The molecule has 0 saturated carbocycles. The summed E-state index contributed by atoms with van der Waals surface area (Å²) in [4.78, 5) is 19.4. The van der Waals surface area contributed by atoms with Crippen LogP contribution >= 0.6 is 0 Å². The van der Waals surface area contributed by atoms with Gasteiger partial charge >= 0.3 is 0 Å². The van der Waals surface area contributed by atoms with Crippen LogP contribution in [0.1, 0.15) is 29.6 Å². The average Bonchev–Trinajstić information content (AvgIpc) is 3.11. The molecular weight excluding hydrogens is 359 g/mol. The van der Waals surface area contributed by atoms with E-state index >= 15 is 0 Å². The lowest BCUT2D eigenvalue weighted by Gasteiger charge is -2.27. The molecule has 1 aromatic carbocycles. The van der Waals surface area contributed by atoms with Crippen LogP contribution in [0.3, 0.4) is 0 Å². The van der Waals surface area contributed by atoms with Crippen LogP contribution in [0.25, 0.3) is 10.9 Å². The van der Waals surface area contributed by atoms with Gasteiger partial charge in [0.2, 0.25) is 0 Å². The smallest absolute Gasteiger partial charge is 0.257 e. The molecule has 146 valence electrons. The molecule has 1 saturated heterocycles. The maximum Gasteiger partial charge on any atom is 0.257 e. The summed E-state index contributed by atoms with van der Waals surface area (Å²) in [6, 6.07) is 6.57. The van der Waals surface area contributed by atoms with E-state index in [2.05, 4.69) is 10.3 Å². The number of ether oxygens (including phenoxy) is 1. The Morgan fingerprint density at radius 1 is 1.21 bits per heavy atom. The van der Waals surface area contributed by atoms with E-state index in [1.807, 2.05) is 28.8 Å². The lowest BCUT2D eigenvalue weighted by molar-refractivity contribution is 0.0725. The van der Waals surface area contributed by atoms with Gasteiger partial charge in [-0.15, -0.1) is 0 Å². The van der Waals surface area contributed by atoms with Gasteiger partial charge in [0.1, 0.15) is 5.82 Å². The van der Waals surface area contributed by atoms with Gasteiger partial charge in [0.05, 0.1) is 18.2 Å². The molecule has 2 aromatic heterocycles. The molecule has 1 aliphatic heterocycles. The number of methoxy groups -OCH3 is 1. The van der Waals surface area contributed by atoms with E-state index in [0.29, 0.717) is 17.1 Å². The highest BCUT2D eigenvalue weighted by Gasteiger charge is 2.23. The first-order valence-corrected chi connectivity index (χ1v) is 9.42. The number of piperidine rings is 1. The number of nitrogens with one attached hydrogen (secondary N) is 1. The third-order valence-electron chi connectivity index (χ3n) is 5.19. The van der Waals surface area contributed by atoms with Crippen LogP contribution in [0.2, 0.25) is 0 Å². The van der Waals surface area contributed by atoms with Crippen molar-refractivity contribution in [2.45, 2.75) is 19.3 Å². The molecule has 28 heavy (non-hydrogen) atoms. The second-order valence-corrected chi connectivity index (χ2v) is 7.04. The van der Waals surface area contributed by atoms with Gasteiger partial charge in [-0.3, -0.25) is 4.79 Å². The number of aryl methyl sites for hydroxylation is 1. The zero-order chi connectivity index (χ0) is 19.7. The molecule has 7 heteroatoms. The number of anilines is 2. The number of halogens is 1. The molecule has 3 aromatic rings. The highest BCUT2D eigenvalue weighted by molar-refractivity contribution is 6.08. The van der Waals surface area contributed by atoms with E-state index in [4.69, 9.17) is 4.74 Å². The summed E-state index contributed by atoms with van der Waals surface area (Å²) < 4.78 is 20.9. The minimum absolute atomic E-state index is 0.0149. The summed E-state index contributed by atoms with van der Waals surface area (Å²) in [6.07, 6.45) is 6.76. The Bertz CT molecular complexity index is 1020. The molecule has 1 fully saturated rings. The molecule has 0 atom stereocenters. The molecule has 6 nitrogen and oxygen atoms in total. The Labute approximate surface area is 162 Å². The number of nitrogens with zero attached hydrogens (tertiary/aromatic N) is 3. The van der Waals surface area contributed by atoms with E-state index in [9.17, 15) is 9.18 Å². The largest absolute Gasteiger partial charge is 0.494 e. The van der Waals surface area contributed by atoms with Gasteiger partial charge in [-0.1, -0.05) is 0 Å². The second kappa shape index (κ2) is 7.50. The molecule has 0 unspecified atom stereocenters. The topological polar surface area (TPSA) is 59.4 Å². The summed E-state index contributed by atoms with van der Waals surface area (Å²) in [5, 5.41) is 3.97. The molecule has 1 aliphatic rings. The van der Waals surface area contributed by atoms with Crippen LogP contribution in [0, 0.1) is 5.82 Å². The zero-order valence-electron chi connectivity index (χ0n) is 16.0. The number of amides is 1. The van der Waals surface area contributed by atoms with Gasteiger partial charge in [0.25, 0.3) is 5.91 Å². The van der Waals surface area contributed by atoms with Gasteiger partial charge in [0, 0.05) is 49.7 Å². The van der Waals surface area contributed by atoms with Crippen molar-refractivity contribution in [3.05, 3.63) is 48.0 Å². The quantitative estimate of drug-likeness (QED) is 0.738. The van der Waals surface area contributed by atoms with Gasteiger partial charge in [0.15, 0.2) is 11.6 Å². The number of hydrogen-bond donors (Lipinski definition) is 1. The van der Waals surface area contributed by atoms with Crippen LogP contribution in [0.5, 0.6) is 5.75 Å². The summed E-state index contributed by atoms with van der Waals surface area (Å²) in [5.41, 5.74) is 1.98. The first-order chi connectivity index (χ1) is 13.6. The van der Waals surface area contributed by atoms with Crippen molar-refractivity contribution in [3.63, 3.8) is 0 Å². The molecule has 4 rings (SSSR count). The van der Waals surface area contributed by atoms with E-state index in [1.165, 1.54) is 19.6 Å². The third kappa shape index (κ3) is 3.28. The Hall–Kier alpha value is -3.09. The van der Waals surface area contributed by atoms with Crippen LogP contribution in [0.4, 0.5) is 15.9 Å². The fourth-order valence-electron chi connectivity index (χ4n) is 3.72. The lowest BCUT2D eigenvalue weighted by atomic mass is 10.1. The Balaban J connectivity index is 1.70. The SMILES string of the molecule is COc1ccc(Nc2ncc(C(=O)N3CCCCC3)c3c2ccn3C)cc1F. The fraction of sp³-hybridized carbons (Fsp3) is 0.333. The average molecular weight is 382 g/mol. The number of benzene rings is 1. The van der Waals surface area contributed by atoms with E-state index in [-0.39, 0.29) is 11.7 Å². The first-order valence-electron chi connectivity index (χ1n) is 9.42. The zero-order valence-corrected chi connectivity index (χ0v) is 16.0. The molecule has 0 bridgehead atoms. The van der Waals surface area contributed by atoms with Crippen LogP contribution in [0.15, 0.2) is 36.7 Å². The Kier molecular flexibility index (Phi) is 4.90. The summed E-state index contributed by atoms with van der Waals surface area (Å²) in [6.45, 7) is 1.58. The van der Waals surface area contributed by atoms with Crippen molar-refractivity contribution in [2.24, 2.45) is 7.05 Å². The van der Waals surface area contributed by atoms with Crippen molar-refractivity contribution < 1.29 is 13.9 Å². The maximum atomic E-state index is 14.0. The second-order valence-electron chi connectivity index (χ2n) is 7.04. The minimum Gasteiger partial charge on any atom is -0.494 e. The number of rotatable bonds is 4. The molecule has 0 spiro atoms. The van der Waals surface area contributed by atoms with Crippen molar-refractivity contribution >= 4 is 28.3 Å². The number of hydrogen-bond acceptors (Lipinski definition) is 4. The number of carbonyl (C=O) groups excluding carboxylic acids is 1. The minimum atomic E-state index is -0.450. The molecular formula is C21H23FN4O2. The maximum absolute atomic E-state index is 14.0. The lowest BCUT2D eigenvalue weighted by Crippen LogP contribution is -2.35. The van der Waals surface area contributed by atoms with E-state index in [1.54, 1.807) is 18.3 Å². The van der Waals surface area contributed by atoms with Crippen molar-refractivity contribution in [1.29, 1.82) is 0 Å². The summed E-state index contributed by atoms with van der Waals surface area (Å²) >= 11 is 0. The molecule has 1 N–H and O–H groups in total. The predicted molar refractivity (Wildman–Crippen MR) is 107 cm³/mol. The third-order valence-corrected chi connectivity index (χ3v) is 5.19. The van der Waals surface area contributed by atoms with E-state index in [0.717, 1.165) is 36.8 Å². The standard InChI is InChI=1S/C21H23FN4O2/c1-25-11-8-15-19(25)16(21(27)26-9-4-3-5-10-26)13-23-20(15)24-14-6-7-18(28-2)17(22)12-14/h6-8,11-13H,3-5,9-10H2,1-2H3,(H,23,24). The Morgan fingerprint density at radius 3 is 2.71 bits per heavy atom. The molecule has 0 aliphatic carbocycles. The number of likely N-dealkylation sites (tertiary alicyclic amines) is 1. The number of pyridine rings is 1. The van der Waals surface area contributed by atoms with Crippen molar-refractivity contribution in [3.8, 4) is 5.75 Å². The number of fused-ring (bicyclic) bond motifs is 1. The van der Waals surface area contributed by atoms with Crippen molar-refractivity contribution in [2.75, 3.05) is 25.5 Å². The summed E-state index contributed by atoms with van der Waals surface area (Å²) in [7, 11) is 3.34. The summed E-state index contributed by atoms with van der Waals surface area (Å²) in [5.74, 6) is 0.330. The van der Waals surface area contributed by atoms with Crippen LogP contribution < -0.4 is 10.1 Å².